The molecule has 0 unspecified atom stereocenters. The predicted molar refractivity (Wildman–Crippen MR) is 97.6 cm³/mol. The molecule has 0 aliphatic carbocycles. The Labute approximate surface area is 140 Å². The molecule has 0 aromatic heterocycles. The highest BCUT2D eigenvalue weighted by atomic mass is 79.9. The maximum absolute atomic E-state index is 5.50. The fourth-order valence-electron chi connectivity index (χ4n) is 2.10. The van der Waals surface area contributed by atoms with Crippen LogP contribution in [0.5, 0.6) is 0 Å². The molecule has 0 aliphatic heterocycles. The first kappa shape index (κ1) is 16.0. The van der Waals surface area contributed by atoms with E-state index in [1.165, 1.54) is 11.1 Å². The Bertz CT molecular complexity index is 610. The van der Waals surface area contributed by atoms with Gasteiger partial charge in [-0.25, -0.2) is 0 Å². The van der Waals surface area contributed by atoms with E-state index in [4.69, 9.17) is 12.2 Å². The van der Waals surface area contributed by atoms with E-state index in [9.17, 15) is 0 Å². The highest BCUT2D eigenvalue weighted by Crippen LogP contribution is 2.17. The molecule has 110 valence electrons. The molecule has 0 atom stereocenters. The van der Waals surface area contributed by atoms with Crippen molar-refractivity contribution >= 4 is 38.9 Å². The van der Waals surface area contributed by atoms with Gasteiger partial charge in [-0.3, -0.25) is 0 Å². The van der Waals surface area contributed by atoms with Gasteiger partial charge in [0.05, 0.1) is 0 Å². The molecule has 0 aliphatic rings. The average molecular weight is 363 g/mol. The molecule has 0 saturated carbocycles. The summed E-state index contributed by atoms with van der Waals surface area (Å²) >= 11 is 8.95. The number of benzene rings is 2. The lowest BCUT2D eigenvalue weighted by molar-refractivity contribution is 0.508. The third-order valence-electron chi connectivity index (χ3n) is 3.32. The molecular weight excluding hydrogens is 344 g/mol. The second-order valence-corrected chi connectivity index (χ2v) is 6.23. The van der Waals surface area contributed by atoms with Crippen LogP contribution in [0.1, 0.15) is 18.1 Å². The van der Waals surface area contributed by atoms with Crippen LogP contribution in [0.2, 0.25) is 0 Å². The van der Waals surface area contributed by atoms with Gasteiger partial charge in [0.1, 0.15) is 0 Å². The van der Waals surface area contributed by atoms with Crippen molar-refractivity contribution in [1.82, 2.24) is 4.90 Å². The Morgan fingerprint density at radius 1 is 1.14 bits per heavy atom. The third-order valence-corrected chi connectivity index (χ3v) is 4.26. The molecule has 21 heavy (non-hydrogen) atoms. The maximum atomic E-state index is 5.50. The first-order valence-electron chi connectivity index (χ1n) is 6.94. The van der Waals surface area contributed by atoms with E-state index in [0.717, 1.165) is 28.2 Å². The van der Waals surface area contributed by atoms with Crippen LogP contribution in [-0.4, -0.2) is 17.1 Å². The summed E-state index contributed by atoms with van der Waals surface area (Å²) in [6.07, 6.45) is 0.988. The molecule has 1 N–H and O–H groups in total. The Balaban J connectivity index is 2.01. The van der Waals surface area contributed by atoms with Crippen LogP contribution in [0.15, 0.2) is 53.0 Å². The summed E-state index contributed by atoms with van der Waals surface area (Å²) in [6, 6.07) is 16.6. The standard InChI is InChI=1S/C17H19BrN2S/c1-3-14-6-4-5-7-16(14)19-17(21)20(2)12-13-8-10-15(18)11-9-13/h4-11H,3,12H2,1-2H3,(H,19,21). The van der Waals surface area contributed by atoms with Gasteiger partial charge in [-0.05, 0) is 48.0 Å². The van der Waals surface area contributed by atoms with Crippen LogP contribution in [0.25, 0.3) is 0 Å². The van der Waals surface area contributed by atoms with Gasteiger partial charge in [-0.2, -0.15) is 0 Å². The van der Waals surface area contributed by atoms with Crippen molar-refractivity contribution in [3.63, 3.8) is 0 Å². The van der Waals surface area contributed by atoms with Crippen molar-refractivity contribution < 1.29 is 0 Å². The van der Waals surface area contributed by atoms with Crippen molar-refractivity contribution in [3.8, 4) is 0 Å². The van der Waals surface area contributed by atoms with E-state index >= 15 is 0 Å². The number of hydrogen-bond acceptors (Lipinski definition) is 1. The Morgan fingerprint density at radius 3 is 2.48 bits per heavy atom. The van der Waals surface area contributed by atoms with E-state index < -0.39 is 0 Å². The lowest BCUT2D eigenvalue weighted by Gasteiger charge is -2.22. The minimum atomic E-state index is 0.735. The molecule has 0 amide bonds. The lowest BCUT2D eigenvalue weighted by Crippen LogP contribution is -2.30. The van der Waals surface area contributed by atoms with Gasteiger partial charge >= 0.3 is 0 Å². The largest absolute Gasteiger partial charge is 0.348 e. The van der Waals surface area contributed by atoms with Gasteiger partial charge in [0.15, 0.2) is 5.11 Å². The van der Waals surface area contributed by atoms with E-state index in [1.807, 2.05) is 30.1 Å². The molecule has 0 spiro atoms. The highest BCUT2D eigenvalue weighted by Gasteiger charge is 2.07. The van der Waals surface area contributed by atoms with Gasteiger partial charge < -0.3 is 10.2 Å². The zero-order chi connectivity index (χ0) is 15.2. The van der Waals surface area contributed by atoms with Crippen LogP contribution in [0.3, 0.4) is 0 Å². The van der Waals surface area contributed by atoms with Crippen LogP contribution < -0.4 is 5.32 Å². The second kappa shape index (κ2) is 7.57. The number of hydrogen-bond donors (Lipinski definition) is 1. The molecule has 2 aromatic rings. The second-order valence-electron chi connectivity index (χ2n) is 4.92. The van der Waals surface area contributed by atoms with E-state index in [0.29, 0.717) is 0 Å². The van der Waals surface area contributed by atoms with Gasteiger partial charge in [-0.1, -0.05) is 53.2 Å². The quantitative estimate of drug-likeness (QED) is 0.783. The fourth-order valence-corrected chi connectivity index (χ4v) is 2.54. The third kappa shape index (κ3) is 4.55. The van der Waals surface area contributed by atoms with Crippen LogP contribution in [0.4, 0.5) is 5.69 Å². The Kier molecular flexibility index (Phi) is 5.76. The summed E-state index contributed by atoms with van der Waals surface area (Å²) in [5.74, 6) is 0. The SMILES string of the molecule is CCc1ccccc1NC(=S)N(C)Cc1ccc(Br)cc1. The zero-order valence-corrected chi connectivity index (χ0v) is 14.7. The number of halogens is 1. The van der Waals surface area contributed by atoms with Crippen molar-refractivity contribution in [2.24, 2.45) is 0 Å². The highest BCUT2D eigenvalue weighted by molar-refractivity contribution is 9.10. The predicted octanol–water partition coefficient (Wildman–Crippen LogP) is 4.84. The summed E-state index contributed by atoms with van der Waals surface area (Å²) < 4.78 is 1.09. The van der Waals surface area contributed by atoms with Crippen molar-refractivity contribution in [1.29, 1.82) is 0 Å². The van der Waals surface area contributed by atoms with Crippen molar-refractivity contribution in [2.45, 2.75) is 19.9 Å². The molecule has 0 fully saturated rings. The average Bonchev–Trinajstić information content (AvgIpc) is 2.50. The van der Waals surface area contributed by atoms with Crippen molar-refractivity contribution in [3.05, 3.63) is 64.1 Å². The minimum Gasteiger partial charge on any atom is -0.348 e. The smallest absolute Gasteiger partial charge is 0.173 e. The maximum Gasteiger partial charge on any atom is 0.173 e. The molecular formula is C17H19BrN2S. The number of para-hydroxylation sites is 1. The molecule has 4 heteroatoms. The molecule has 2 rings (SSSR count). The van der Waals surface area contributed by atoms with E-state index in [-0.39, 0.29) is 0 Å². The lowest BCUT2D eigenvalue weighted by atomic mass is 10.1. The van der Waals surface area contributed by atoms with Gasteiger partial charge in [0.25, 0.3) is 0 Å². The minimum absolute atomic E-state index is 0.735. The molecule has 2 aromatic carbocycles. The number of nitrogens with zero attached hydrogens (tertiary/aromatic N) is 1. The number of thiocarbonyl (C=S) groups is 1. The molecule has 2 nitrogen and oxygen atoms in total. The van der Waals surface area contributed by atoms with Crippen LogP contribution in [0, 0.1) is 0 Å². The van der Waals surface area contributed by atoms with Crippen molar-refractivity contribution in [2.75, 3.05) is 12.4 Å². The number of rotatable bonds is 4. The zero-order valence-electron chi connectivity index (χ0n) is 12.3. The Hall–Kier alpha value is -1.39. The van der Waals surface area contributed by atoms with E-state index in [1.54, 1.807) is 0 Å². The molecule has 0 bridgehead atoms. The van der Waals surface area contributed by atoms with E-state index in [2.05, 4.69) is 58.5 Å². The first-order chi connectivity index (χ1) is 10.1. The number of nitrogens with one attached hydrogen (secondary N) is 1. The molecule has 0 radical (unpaired) electrons. The molecule has 0 saturated heterocycles. The van der Waals surface area contributed by atoms with Crippen LogP contribution >= 0.6 is 28.1 Å². The summed E-state index contributed by atoms with van der Waals surface area (Å²) in [5, 5.41) is 4.08. The van der Waals surface area contributed by atoms with Crippen LogP contribution in [-0.2, 0) is 13.0 Å². The summed E-state index contributed by atoms with van der Waals surface area (Å²) in [6.45, 7) is 2.93. The monoisotopic (exact) mass is 362 g/mol. The topological polar surface area (TPSA) is 15.3 Å². The van der Waals surface area contributed by atoms with Gasteiger partial charge in [-0.15, -0.1) is 0 Å². The fraction of sp³-hybridized carbons (Fsp3) is 0.235. The summed E-state index contributed by atoms with van der Waals surface area (Å²) in [5.41, 5.74) is 3.60. The molecule has 0 heterocycles. The van der Waals surface area contributed by atoms with Gasteiger partial charge in [0.2, 0.25) is 0 Å². The number of aryl methyl sites for hydroxylation is 1. The Morgan fingerprint density at radius 2 is 1.81 bits per heavy atom. The summed E-state index contributed by atoms with van der Waals surface area (Å²) in [7, 11) is 2.01. The first-order valence-corrected chi connectivity index (χ1v) is 8.14. The number of anilines is 1. The summed E-state index contributed by atoms with van der Waals surface area (Å²) in [4.78, 5) is 2.05. The van der Waals surface area contributed by atoms with Gasteiger partial charge in [0, 0.05) is 23.8 Å². The normalized spacial score (nSPS) is 10.2.